The number of carbonyl (C=O) groups excluding carboxylic acids is 1. The third kappa shape index (κ3) is 4.97. The molecule has 0 radical (unpaired) electrons. The molecular weight excluding hydrogens is 582 g/mol. The highest BCUT2D eigenvalue weighted by atomic mass is 19.1. The van der Waals surface area contributed by atoms with E-state index in [-0.39, 0.29) is 41.7 Å². The van der Waals surface area contributed by atoms with Crippen LogP contribution in [-0.2, 0) is 22.6 Å². The van der Waals surface area contributed by atoms with Gasteiger partial charge in [-0.15, -0.1) is 0 Å². The second kappa shape index (κ2) is 10.8. The van der Waals surface area contributed by atoms with Crippen LogP contribution >= 0.6 is 0 Å². The Morgan fingerprint density at radius 3 is 2.73 bits per heavy atom. The number of aromatic nitrogens is 5. The van der Waals surface area contributed by atoms with Gasteiger partial charge in [-0.05, 0) is 55.4 Å². The van der Waals surface area contributed by atoms with E-state index in [0.717, 1.165) is 66.4 Å². The first-order valence-electron chi connectivity index (χ1n) is 15.3. The molecule has 2 unspecified atom stereocenters. The Balaban J connectivity index is 0.991. The number of methoxy groups -OCH3 is 1. The Labute approximate surface area is 257 Å². The standard InChI is InChI=1S/C33H32F2N6O4/c1-43-32(42)21-3-4-26-27(14-21)41(18-22-6-13-44-22)29(37-26)23-16-33(23)7-10-39(11-8-33)30-24(34)15-25(35)31(38-30)45-19-20-2-5-28-36-9-12-40(28)17-20/h2-5,9,12,14-15,17,22-23H,6-8,10-11,13,16,18-19H2,1H3. The maximum Gasteiger partial charge on any atom is 0.337 e. The van der Waals surface area contributed by atoms with Gasteiger partial charge in [0.2, 0.25) is 0 Å². The predicted octanol–water partition coefficient (Wildman–Crippen LogP) is 5.29. The normalized spacial score (nSPS) is 20.5. The highest BCUT2D eigenvalue weighted by molar-refractivity contribution is 5.93. The smallest absolute Gasteiger partial charge is 0.337 e. The van der Waals surface area contributed by atoms with Crippen molar-refractivity contribution in [1.29, 1.82) is 0 Å². The molecule has 10 nitrogen and oxygen atoms in total. The molecule has 45 heavy (non-hydrogen) atoms. The van der Waals surface area contributed by atoms with Crippen molar-refractivity contribution in [3.63, 3.8) is 0 Å². The molecule has 2 aliphatic heterocycles. The lowest BCUT2D eigenvalue weighted by Gasteiger charge is -2.34. The van der Waals surface area contributed by atoms with Crippen LogP contribution in [0.2, 0.25) is 0 Å². The van der Waals surface area contributed by atoms with Crippen molar-refractivity contribution in [1.82, 2.24) is 23.9 Å². The monoisotopic (exact) mass is 614 g/mol. The molecule has 0 bridgehead atoms. The van der Waals surface area contributed by atoms with Crippen molar-refractivity contribution in [2.24, 2.45) is 5.41 Å². The average molecular weight is 615 g/mol. The number of hydrogen-bond donors (Lipinski definition) is 0. The number of anilines is 1. The van der Waals surface area contributed by atoms with Gasteiger partial charge in [0.1, 0.15) is 18.1 Å². The molecule has 8 rings (SSSR count). The maximum atomic E-state index is 15.0. The Morgan fingerprint density at radius 1 is 1.11 bits per heavy atom. The van der Waals surface area contributed by atoms with Gasteiger partial charge in [0.25, 0.3) is 5.88 Å². The van der Waals surface area contributed by atoms with Gasteiger partial charge >= 0.3 is 5.97 Å². The fourth-order valence-electron chi connectivity index (χ4n) is 6.87. The van der Waals surface area contributed by atoms with Gasteiger partial charge in [-0.3, -0.25) is 0 Å². The Kier molecular flexibility index (Phi) is 6.70. The second-order valence-corrected chi connectivity index (χ2v) is 12.3. The number of carbonyl (C=O) groups is 1. The summed E-state index contributed by atoms with van der Waals surface area (Å²) in [7, 11) is 1.38. The first-order chi connectivity index (χ1) is 21.9. The zero-order chi connectivity index (χ0) is 30.7. The lowest BCUT2D eigenvalue weighted by molar-refractivity contribution is -0.0590. The predicted molar refractivity (Wildman–Crippen MR) is 160 cm³/mol. The highest BCUT2D eigenvalue weighted by Gasteiger charge is 2.57. The van der Waals surface area contributed by atoms with Gasteiger partial charge in [-0.25, -0.2) is 23.5 Å². The van der Waals surface area contributed by atoms with Gasteiger partial charge in [0, 0.05) is 55.8 Å². The van der Waals surface area contributed by atoms with Crippen LogP contribution in [0.15, 0.2) is 55.0 Å². The van der Waals surface area contributed by atoms with E-state index >= 15 is 4.39 Å². The summed E-state index contributed by atoms with van der Waals surface area (Å²) in [6, 6.07) is 10.0. The van der Waals surface area contributed by atoms with E-state index < -0.39 is 11.6 Å². The van der Waals surface area contributed by atoms with Crippen LogP contribution in [0.1, 0.15) is 53.3 Å². The van der Waals surface area contributed by atoms with Crippen LogP contribution in [0.5, 0.6) is 5.88 Å². The summed E-state index contributed by atoms with van der Waals surface area (Å²) in [5.74, 6) is -0.786. The summed E-state index contributed by atoms with van der Waals surface area (Å²) in [5.41, 5.74) is 3.88. The third-order valence-corrected chi connectivity index (χ3v) is 9.64. The van der Waals surface area contributed by atoms with Crippen molar-refractivity contribution < 1.29 is 27.8 Å². The van der Waals surface area contributed by atoms with E-state index in [0.29, 0.717) is 25.2 Å². The van der Waals surface area contributed by atoms with Crippen molar-refractivity contribution in [2.45, 2.75) is 50.9 Å². The lowest BCUT2D eigenvalue weighted by Crippen LogP contribution is -2.36. The molecule has 5 aromatic rings. The van der Waals surface area contributed by atoms with E-state index in [4.69, 9.17) is 19.2 Å². The quantitative estimate of drug-likeness (QED) is 0.218. The number of ether oxygens (including phenoxy) is 3. The molecule has 232 valence electrons. The molecule has 3 fully saturated rings. The minimum atomic E-state index is -0.833. The summed E-state index contributed by atoms with van der Waals surface area (Å²) in [4.78, 5) is 27.7. The molecule has 1 aromatic carbocycles. The first kappa shape index (κ1) is 27.9. The summed E-state index contributed by atoms with van der Waals surface area (Å²) in [6.45, 7) is 2.69. The van der Waals surface area contributed by atoms with Crippen molar-refractivity contribution in [3.05, 3.63) is 83.6 Å². The molecule has 2 atom stereocenters. The number of nitrogens with zero attached hydrogens (tertiary/aromatic N) is 6. The van der Waals surface area contributed by atoms with Crippen LogP contribution in [-0.4, -0.2) is 62.8 Å². The molecule has 12 heteroatoms. The molecule has 2 saturated heterocycles. The highest BCUT2D eigenvalue weighted by Crippen LogP contribution is 2.65. The summed E-state index contributed by atoms with van der Waals surface area (Å²) in [5, 5.41) is 0. The van der Waals surface area contributed by atoms with Crippen LogP contribution in [0, 0.1) is 17.0 Å². The zero-order valence-corrected chi connectivity index (χ0v) is 24.8. The molecule has 3 aliphatic rings. The number of pyridine rings is 2. The largest absolute Gasteiger partial charge is 0.471 e. The molecule has 1 saturated carbocycles. The Bertz CT molecular complexity index is 1930. The van der Waals surface area contributed by atoms with Gasteiger partial charge in [-0.2, -0.15) is 4.98 Å². The van der Waals surface area contributed by atoms with Crippen molar-refractivity contribution >= 4 is 28.5 Å². The maximum absolute atomic E-state index is 15.0. The molecule has 0 amide bonds. The number of halogens is 2. The van der Waals surface area contributed by atoms with Crippen molar-refractivity contribution in [2.75, 3.05) is 31.7 Å². The van der Waals surface area contributed by atoms with Crippen LogP contribution < -0.4 is 9.64 Å². The van der Waals surface area contributed by atoms with Gasteiger partial charge in [-0.1, -0.05) is 6.07 Å². The summed E-state index contributed by atoms with van der Waals surface area (Å²) < 4.78 is 50.2. The Morgan fingerprint density at radius 2 is 1.96 bits per heavy atom. The fraction of sp³-hybridized carbons (Fsp3) is 0.394. The minimum Gasteiger partial charge on any atom is -0.471 e. The van der Waals surface area contributed by atoms with E-state index in [1.54, 1.807) is 12.3 Å². The average Bonchev–Trinajstić information content (AvgIpc) is 3.33. The van der Waals surface area contributed by atoms with Crippen LogP contribution in [0.4, 0.5) is 14.6 Å². The fourth-order valence-corrected chi connectivity index (χ4v) is 6.87. The number of imidazole rings is 2. The number of esters is 1. The first-order valence-corrected chi connectivity index (χ1v) is 15.3. The molecule has 1 spiro atoms. The van der Waals surface area contributed by atoms with E-state index in [2.05, 4.69) is 14.5 Å². The topological polar surface area (TPSA) is 96.0 Å². The van der Waals surface area contributed by atoms with Gasteiger partial charge in [0.05, 0.1) is 36.4 Å². The molecule has 6 heterocycles. The molecule has 4 aromatic heterocycles. The molecular formula is C33H32F2N6O4. The van der Waals surface area contributed by atoms with E-state index in [1.165, 1.54) is 7.11 Å². The number of rotatable bonds is 8. The van der Waals surface area contributed by atoms with Gasteiger partial charge < -0.3 is 28.1 Å². The summed E-state index contributed by atoms with van der Waals surface area (Å²) in [6.07, 6.45) is 9.12. The van der Waals surface area contributed by atoms with Crippen molar-refractivity contribution in [3.8, 4) is 5.88 Å². The second-order valence-electron chi connectivity index (χ2n) is 12.3. The van der Waals surface area contributed by atoms with Crippen LogP contribution in [0.25, 0.3) is 16.7 Å². The SMILES string of the molecule is COC(=O)c1ccc2nc(C3CC34CCN(c3nc(OCc5ccc6nccn6c5)c(F)cc3F)CC4)n(CC3CCO3)c2c1. The minimum absolute atomic E-state index is 0.0447. The zero-order valence-electron chi connectivity index (χ0n) is 24.8. The van der Waals surface area contributed by atoms with Crippen LogP contribution in [0.3, 0.4) is 0 Å². The van der Waals surface area contributed by atoms with E-state index in [1.807, 2.05) is 46.0 Å². The number of piperidine rings is 1. The number of hydrogen-bond acceptors (Lipinski definition) is 8. The number of benzene rings is 1. The number of fused-ring (bicyclic) bond motifs is 2. The lowest BCUT2D eigenvalue weighted by atomic mass is 9.90. The summed E-state index contributed by atoms with van der Waals surface area (Å²) >= 11 is 0. The van der Waals surface area contributed by atoms with Gasteiger partial charge in [0.15, 0.2) is 17.5 Å². The van der Waals surface area contributed by atoms with E-state index in [9.17, 15) is 9.18 Å². The molecule has 0 N–H and O–H groups in total. The third-order valence-electron chi connectivity index (χ3n) is 9.64. The molecule has 1 aliphatic carbocycles. The Hall–Kier alpha value is -4.58.